The highest BCUT2D eigenvalue weighted by molar-refractivity contribution is 5.80. The van der Waals surface area contributed by atoms with E-state index in [1.54, 1.807) is 16.8 Å². The Balaban J connectivity index is 1.82. The first-order chi connectivity index (χ1) is 8.11. The Morgan fingerprint density at radius 3 is 2.88 bits per heavy atom. The van der Waals surface area contributed by atoms with Crippen molar-refractivity contribution in [1.29, 1.82) is 0 Å². The van der Waals surface area contributed by atoms with Crippen molar-refractivity contribution < 1.29 is 14.3 Å². The van der Waals surface area contributed by atoms with Crippen LogP contribution in [0.2, 0.25) is 0 Å². The highest BCUT2D eigenvalue weighted by atomic mass is 16.5. The van der Waals surface area contributed by atoms with Gasteiger partial charge in [0.15, 0.2) is 0 Å². The third-order valence-corrected chi connectivity index (χ3v) is 3.27. The Kier molecular flexibility index (Phi) is 3.49. The summed E-state index contributed by atoms with van der Waals surface area (Å²) in [4.78, 5) is 26.4. The molecule has 2 unspecified atom stereocenters. The lowest BCUT2D eigenvalue weighted by atomic mass is 10.2. The topological polar surface area (TPSA) is 87.9 Å². The number of nitrogens with two attached hydrogens (primary N) is 1. The minimum Gasteiger partial charge on any atom is -0.363 e. The summed E-state index contributed by atoms with van der Waals surface area (Å²) in [5.41, 5.74) is 2.08. The molecule has 3 amide bonds. The standard InChI is InChI=1S/C10H18N4O3/c1-13-4-5-14(10(13)16)6-7-2-3-8(17-7)9(15)12-11/h7-8H,2-6,11H2,1H3,(H,12,15). The van der Waals surface area contributed by atoms with Crippen LogP contribution in [-0.2, 0) is 9.53 Å². The van der Waals surface area contributed by atoms with Gasteiger partial charge in [-0.1, -0.05) is 0 Å². The zero-order valence-corrected chi connectivity index (χ0v) is 9.89. The number of hydrogen-bond donors (Lipinski definition) is 2. The Hall–Kier alpha value is -1.34. The zero-order valence-electron chi connectivity index (χ0n) is 9.89. The molecule has 0 aliphatic carbocycles. The lowest BCUT2D eigenvalue weighted by Gasteiger charge is -2.20. The molecule has 3 N–H and O–H groups in total. The Labute approximate surface area is 99.8 Å². The zero-order chi connectivity index (χ0) is 12.4. The van der Waals surface area contributed by atoms with Gasteiger partial charge in [-0.05, 0) is 12.8 Å². The van der Waals surface area contributed by atoms with Crippen LogP contribution in [0, 0.1) is 0 Å². The Bertz CT molecular complexity index is 323. The molecule has 96 valence electrons. The number of carbonyl (C=O) groups is 2. The van der Waals surface area contributed by atoms with Gasteiger partial charge in [-0.3, -0.25) is 10.2 Å². The minimum absolute atomic E-state index is 0.0281. The van der Waals surface area contributed by atoms with Gasteiger partial charge in [-0.25, -0.2) is 10.6 Å². The maximum atomic E-state index is 11.7. The summed E-state index contributed by atoms with van der Waals surface area (Å²) in [6, 6.07) is 0.0281. The first-order valence-corrected chi connectivity index (χ1v) is 5.77. The summed E-state index contributed by atoms with van der Waals surface area (Å²) in [6.45, 7) is 2.03. The highest BCUT2D eigenvalue weighted by Gasteiger charge is 2.34. The molecule has 2 aliphatic heterocycles. The third kappa shape index (κ3) is 2.50. The maximum Gasteiger partial charge on any atom is 0.319 e. The molecule has 0 spiro atoms. The van der Waals surface area contributed by atoms with Gasteiger partial charge in [-0.15, -0.1) is 0 Å². The number of ether oxygens (including phenoxy) is 1. The van der Waals surface area contributed by atoms with E-state index in [1.807, 2.05) is 0 Å². The van der Waals surface area contributed by atoms with E-state index in [9.17, 15) is 9.59 Å². The van der Waals surface area contributed by atoms with Crippen molar-refractivity contribution in [2.24, 2.45) is 5.84 Å². The summed E-state index contributed by atoms with van der Waals surface area (Å²) in [7, 11) is 1.78. The van der Waals surface area contributed by atoms with Crippen LogP contribution in [0.25, 0.3) is 0 Å². The lowest BCUT2D eigenvalue weighted by Crippen LogP contribution is -2.40. The van der Waals surface area contributed by atoms with Crippen molar-refractivity contribution in [1.82, 2.24) is 15.2 Å². The van der Waals surface area contributed by atoms with E-state index >= 15 is 0 Å². The van der Waals surface area contributed by atoms with Crippen LogP contribution in [-0.4, -0.2) is 60.6 Å². The normalized spacial score (nSPS) is 28.9. The maximum absolute atomic E-state index is 11.7. The predicted molar refractivity (Wildman–Crippen MR) is 59.8 cm³/mol. The van der Waals surface area contributed by atoms with Gasteiger partial charge in [0.2, 0.25) is 0 Å². The fourth-order valence-corrected chi connectivity index (χ4v) is 2.24. The summed E-state index contributed by atoms with van der Waals surface area (Å²) < 4.78 is 5.56. The van der Waals surface area contributed by atoms with Crippen molar-refractivity contribution in [2.45, 2.75) is 25.0 Å². The second-order valence-corrected chi connectivity index (χ2v) is 4.48. The van der Waals surface area contributed by atoms with Crippen LogP contribution < -0.4 is 11.3 Å². The largest absolute Gasteiger partial charge is 0.363 e. The highest BCUT2D eigenvalue weighted by Crippen LogP contribution is 2.21. The van der Waals surface area contributed by atoms with Gasteiger partial charge < -0.3 is 14.5 Å². The molecule has 2 aliphatic rings. The summed E-state index contributed by atoms with van der Waals surface area (Å²) in [5.74, 6) is 4.76. The van der Waals surface area contributed by atoms with Gasteiger partial charge in [0.25, 0.3) is 5.91 Å². The quantitative estimate of drug-likeness (QED) is 0.373. The second kappa shape index (κ2) is 4.89. The number of carbonyl (C=O) groups excluding carboxylic acids is 2. The fourth-order valence-electron chi connectivity index (χ4n) is 2.24. The van der Waals surface area contributed by atoms with Crippen LogP contribution in [0.1, 0.15) is 12.8 Å². The lowest BCUT2D eigenvalue weighted by molar-refractivity contribution is -0.132. The molecule has 2 atom stereocenters. The van der Waals surface area contributed by atoms with Gasteiger partial charge in [0.05, 0.1) is 6.10 Å². The number of nitrogens with one attached hydrogen (secondary N) is 1. The summed E-state index contributed by atoms with van der Waals surface area (Å²) >= 11 is 0. The molecule has 7 heteroatoms. The monoisotopic (exact) mass is 242 g/mol. The molecule has 2 rings (SSSR count). The predicted octanol–water partition coefficient (Wildman–Crippen LogP) is -1.11. The number of hydrogen-bond acceptors (Lipinski definition) is 4. The molecule has 2 heterocycles. The van der Waals surface area contributed by atoms with E-state index in [1.165, 1.54) is 0 Å². The van der Waals surface area contributed by atoms with Crippen LogP contribution in [0.15, 0.2) is 0 Å². The Morgan fingerprint density at radius 1 is 1.53 bits per heavy atom. The van der Waals surface area contributed by atoms with E-state index in [4.69, 9.17) is 10.6 Å². The number of likely N-dealkylation sites (N-methyl/N-ethyl adjacent to an activating group) is 1. The number of hydrazine groups is 1. The molecule has 2 saturated heterocycles. The van der Waals surface area contributed by atoms with Crippen LogP contribution in [0.4, 0.5) is 4.79 Å². The van der Waals surface area contributed by atoms with E-state index in [2.05, 4.69) is 5.43 Å². The number of amides is 3. The molecule has 17 heavy (non-hydrogen) atoms. The van der Waals surface area contributed by atoms with Crippen LogP contribution in [0.3, 0.4) is 0 Å². The number of urea groups is 1. The molecule has 0 aromatic heterocycles. The number of rotatable bonds is 3. The van der Waals surface area contributed by atoms with E-state index in [0.717, 1.165) is 19.5 Å². The first kappa shape index (κ1) is 12.1. The third-order valence-electron chi connectivity index (χ3n) is 3.27. The van der Waals surface area contributed by atoms with Crippen molar-refractivity contribution in [3.05, 3.63) is 0 Å². The van der Waals surface area contributed by atoms with Crippen molar-refractivity contribution >= 4 is 11.9 Å². The summed E-state index contributed by atoms with van der Waals surface area (Å²) in [5, 5.41) is 0. The molecule has 7 nitrogen and oxygen atoms in total. The van der Waals surface area contributed by atoms with Crippen molar-refractivity contribution in [2.75, 3.05) is 26.7 Å². The van der Waals surface area contributed by atoms with Crippen LogP contribution >= 0.6 is 0 Å². The molecule has 0 bridgehead atoms. The first-order valence-electron chi connectivity index (χ1n) is 5.77. The second-order valence-electron chi connectivity index (χ2n) is 4.48. The summed E-state index contributed by atoms with van der Waals surface area (Å²) in [6.07, 6.45) is 0.908. The average molecular weight is 242 g/mol. The Morgan fingerprint density at radius 2 is 2.29 bits per heavy atom. The van der Waals surface area contributed by atoms with Crippen LogP contribution in [0.5, 0.6) is 0 Å². The molecule has 0 radical (unpaired) electrons. The SMILES string of the molecule is CN1CCN(CC2CCC(C(=O)NN)O2)C1=O. The van der Waals surface area contributed by atoms with Crippen molar-refractivity contribution in [3.63, 3.8) is 0 Å². The molecular formula is C10H18N4O3. The molecule has 0 aromatic rings. The smallest absolute Gasteiger partial charge is 0.319 e. The van der Waals surface area contributed by atoms with Gasteiger partial charge >= 0.3 is 6.03 Å². The minimum atomic E-state index is -0.472. The van der Waals surface area contributed by atoms with Gasteiger partial charge in [0, 0.05) is 26.7 Å². The fraction of sp³-hybridized carbons (Fsp3) is 0.800. The van der Waals surface area contributed by atoms with E-state index in [-0.39, 0.29) is 18.0 Å². The molecule has 0 aromatic carbocycles. The van der Waals surface area contributed by atoms with E-state index in [0.29, 0.717) is 13.0 Å². The van der Waals surface area contributed by atoms with Gasteiger partial charge in [0.1, 0.15) is 6.10 Å². The average Bonchev–Trinajstić information content (AvgIpc) is 2.91. The molecular weight excluding hydrogens is 224 g/mol. The number of nitrogens with zero attached hydrogens (tertiary/aromatic N) is 2. The molecule has 0 saturated carbocycles. The van der Waals surface area contributed by atoms with E-state index < -0.39 is 6.10 Å². The van der Waals surface area contributed by atoms with Gasteiger partial charge in [-0.2, -0.15) is 0 Å². The molecule has 2 fully saturated rings. The van der Waals surface area contributed by atoms with Crippen molar-refractivity contribution in [3.8, 4) is 0 Å².